The Morgan fingerprint density at radius 1 is 1.14 bits per heavy atom. The summed E-state index contributed by atoms with van der Waals surface area (Å²) in [4.78, 5) is 15.2. The zero-order valence-corrected chi connectivity index (χ0v) is 17.4. The van der Waals surface area contributed by atoms with Crippen LogP contribution in [0.25, 0.3) is 0 Å². The summed E-state index contributed by atoms with van der Waals surface area (Å²) in [6.45, 7) is 0. The van der Waals surface area contributed by atoms with Crippen LogP contribution in [0.15, 0.2) is 54.6 Å². The van der Waals surface area contributed by atoms with E-state index in [4.69, 9.17) is 11.6 Å². The molecule has 4 rings (SSSR count). The minimum atomic E-state index is -1.41. The van der Waals surface area contributed by atoms with Crippen molar-refractivity contribution in [3.05, 3.63) is 70.7 Å². The first-order chi connectivity index (χ1) is 13.9. The fourth-order valence-corrected chi connectivity index (χ4v) is 5.73. The van der Waals surface area contributed by atoms with Gasteiger partial charge in [0.05, 0.1) is 6.10 Å². The standard InChI is InChI=1S/C24H28ClNO3/c1-26-20-10-11-21(26)14-17(13-20)22(27)24(23(28)29,18-7-3-2-4-8-18)15-16-6-5-9-19(25)12-16/h2-9,12,17,20-22,27H,10-11,13-15H2,1H3,(H,28,29)/t17?,20-,21+,22-,24?/m1/s1. The van der Waals surface area contributed by atoms with Crippen molar-refractivity contribution < 1.29 is 15.0 Å². The first kappa shape index (κ1) is 20.4. The van der Waals surface area contributed by atoms with E-state index in [0.717, 1.165) is 31.2 Å². The van der Waals surface area contributed by atoms with Crippen molar-refractivity contribution >= 4 is 17.6 Å². The number of piperidine rings is 1. The van der Waals surface area contributed by atoms with Gasteiger partial charge in [-0.3, -0.25) is 4.79 Å². The number of aliphatic carboxylic acids is 1. The summed E-state index contributed by atoms with van der Waals surface area (Å²) in [6.07, 6.45) is 3.17. The molecule has 29 heavy (non-hydrogen) atoms. The maximum atomic E-state index is 12.8. The highest BCUT2D eigenvalue weighted by Gasteiger charge is 2.52. The fraction of sp³-hybridized carbons (Fsp3) is 0.458. The van der Waals surface area contributed by atoms with E-state index in [1.54, 1.807) is 12.1 Å². The van der Waals surface area contributed by atoms with Gasteiger partial charge in [0, 0.05) is 17.1 Å². The predicted octanol–water partition coefficient (Wildman–Crippen LogP) is 4.14. The highest BCUT2D eigenvalue weighted by Crippen LogP contribution is 2.44. The van der Waals surface area contributed by atoms with Crippen LogP contribution in [-0.2, 0) is 16.6 Å². The lowest BCUT2D eigenvalue weighted by atomic mass is 9.65. The minimum absolute atomic E-state index is 0.0424. The van der Waals surface area contributed by atoms with Gasteiger partial charge in [0.2, 0.25) is 0 Å². The third-order valence-corrected chi connectivity index (χ3v) is 7.36. The van der Waals surface area contributed by atoms with Crippen LogP contribution in [0.5, 0.6) is 0 Å². The first-order valence-electron chi connectivity index (χ1n) is 10.3. The molecule has 0 aliphatic carbocycles. The molecular formula is C24H28ClNO3. The highest BCUT2D eigenvalue weighted by molar-refractivity contribution is 6.30. The summed E-state index contributed by atoms with van der Waals surface area (Å²) in [7, 11) is 2.15. The Bertz CT molecular complexity index is 859. The van der Waals surface area contributed by atoms with Gasteiger partial charge >= 0.3 is 5.97 Å². The summed E-state index contributed by atoms with van der Waals surface area (Å²) in [6, 6.07) is 17.4. The van der Waals surface area contributed by atoms with Gasteiger partial charge in [0.15, 0.2) is 0 Å². The second-order valence-corrected chi connectivity index (χ2v) is 9.11. The maximum absolute atomic E-state index is 12.8. The molecule has 2 saturated heterocycles. The molecule has 4 nitrogen and oxygen atoms in total. The number of halogens is 1. The number of hydrogen-bond acceptors (Lipinski definition) is 3. The van der Waals surface area contributed by atoms with E-state index >= 15 is 0 Å². The number of fused-ring (bicyclic) bond motifs is 2. The maximum Gasteiger partial charge on any atom is 0.317 e. The van der Waals surface area contributed by atoms with Gasteiger partial charge in [-0.05, 0) is 68.3 Å². The molecule has 0 saturated carbocycles. The zero-order chi connectivity index (χ0) is 20.6. The molecule has 2 aliphatic rings. The van der Waals surface area contributed by atoms with E-state index in [1.807, 2.05) is 42.5 Å². The summed E-state index contributed by atoms with van der Waals surface area (Å²) in [5.74, 6) is -1.03. The van der Waals surface area contributed by atoms with Crippen LogP contribution in [0.3, 0.4) is 0 Å². The number of carboxylic acids is 1. The minimum Gasteiger partial charge on any atom is -0.480 e. The van der Waals surface area contributed by atoms with E-state index in [-0.39, 0.29) is 12.3 Å². The van der Waals surface area contributed by atoms with Gasteiger partial charge in [-0.15, -0.1) is 0 Å². The lowest BCUT2D eigenvalue weighted by Crippen LogP contribution is -2.55. The Morgan fingerprint density at radius 3 is 2.38 bits per heavy atom. The molecule has 0 radical (unpaired) electrons. The number of aliphatic hydroxyl groups is 1. The Hall–Kier alpha value is -1.88. The quantitative estimate of drug-likeness (QED) is 0.747. The van der Waals surface area contributed by atoms with Crippen LogP contribution < -0.4 is 0 Å². The van der Waals surface area contributed by atoms with Gasteiger partial charge in [-0.1, -0.05) is 54.1 Å². The van der Waals surface area contributed by atoms with E-state index < -0.39 is 17.5 Å². The summed E-state index contributed by atoms with van der Waals surface area (Å²) >= 11 is 6.17. The molecule has 5 heteroatoms. The normalized spacial score (nSPS) is 27.3. The molecule has 2 aromatic carbocycles. The molecule has 2 fully saturated rings. The molecule has 2 N–H and O–H groups in total. The third kappa shape index (κ3) is 3.70. The number of carbonyl (C=O) groups is 1. The molecule has 0 aromatic heterocycles. The lowest BCUT2D eigenvalue weighted by molar-refractivity contribution is -0.152. The van der Waals surface area contributed by atoms with Crippen LogP contribution in [0.2, 0.25) is 5.02 Å². The molecule has 2 bridgehead atoms. The first-order valence-corrected chi connectivity index (χ1v) is 10.7. The number of carboxylic acid groups (broad SMARTS) is 1. The van der Waals surface area contributed by atoms with Crippen molar-refractivity contribution in [3.63, 3.8) is 0 Å². The van der Waals surface area contributed by atoms with E-state index in [9.17, 15) is 15.0 Å². The molecule has 5 atom stereocenters. The van der Waals surface area contributed by atoms with Gasteiger partial charge in [0.1, 0.15) is 5.41 Å². The fourth-order valence-electron chi connectivity index (χ4n) is 5.52. The summed E-state index contributed by atoms with van der Waals surface area (Å²) in [5, 5.41) is 22.7. The summed E-state index contributed by atoms with van der Waals surface area (Å²) < 4.78 is 0. The highest BCUT2D eigenvalue weighted by atomic mass is 35.5. The van der Waals surface area contributed by atoms with Gasteiger partial charge in [-0.25, -0.2) is 0 Å². The SMILES string of the molecule is CN1[C@@H]2CC[C@H]1CC([C@@H](O)C(Cc1cccc(Cl)c1)(C(=O)O)c1ccccc1)C2. The van der Waals surface area contributed by atoms with Crippen LogP contribution in [0, 0.1) is 5.92 Å². The molecule has 0 amide bonds. The number of aliphatic hydroxyl groups excluding tert-OH is 1. The van der Waals surface area contributed by atoms with Crippen molar-refractivity contribution in [3.8, 4) is 0 Å². The Balaban J connectivity index is 1.76. The van der Waals surface area contributed by atoms with E-state index in [1.165, 1.54) is 0 Å². The van der Waals surface area contributed by atoms with E-state index in [2.05, 4.69) is 11.9 Å². The van der Waals surface area contributed by atoms with Gasteiger partial charge in [-0.2, -0.15) is 0 Å². The van der Waals surface area contributed by atoms with Crippen LogP contribution in [0.1, 0.15) is 36.8 Å². The number of rotatable bonds is 6. The number of nitrogens with zero attached hydrogens (tertiary/aromatic N) is 1. The van der Waals surface area contributed by atoms with Crippen LogP contribution in [-0.4, -0.2) is 46.3 Å². The van der Waals surface area contributed by atoms with Crippen molar-refractivity contribution in [2.24, 2.45) is 5.92 Å². The van der Waals surface area contributed by atoms with E-state index in [0.29, 0.717) is 22.7 Å². The average molecular weight is 414 g/mol. The Morgan fingerprint density at radius 2 is 1.79 bits per heavy atom. The van der Waals surface area contributed by atoms with Crippen molar-refractivity contribution in [2.75, 3.05) is 7.05 Å². The van der Waals surface area contributed by atoms with Crippen molar-refractivity contribution in [1.29, 1.82) is 0 Å². The lowest BCUT2D eigenvalue weighted by Gasteiger charge is -2.44. The molecule has 2 aliphatic heterocycles. The molecule has 0 spiro atoms. The monoisotopic (exact) mass is 413 g/mol. The third-order valence-electron chi connectivity index (χ3n) is 7.13. The van der Waals surface area contributed by atoms with Crippen molar-refractivity contribution in [1.82, 2.24) is 4.90 Å². The Kier molecular flexibility index (Phi) is 5.69. The summed E-state index contributed by atoms with van der Waals surface area (Å²) in [5.41, 5.74) is 0.0522. The molecular weight excluding hydrogens is 386 g/mol. The Labute approximate surface area is 177 Å². The second kappa shape index (κ2) is 8.10. The largest absolute Gasteiger partial charge is 0.480 e. The molecule has 154 valence electrons. The number of benzene rings is 2. The second-order valence-electron chi connectivity index (χ2n) is 8.68. The van der Waals surface area contributed by atoms with Crippen LogP contribution >= 0.6 is 11.6 Å². The molecule has 2 unspecified atom stereocenters. The predicted molar refractivity (Wildman–Crippen MR) is 114 cm³/mol. The van der Waals surface area contributed by atoms with Crippen molar-refractivity contribution in [2.45, 2.75) is 55.7 Å². The molecule has 2 heterocycles. The van der Waals surface area contributed by atoms with Gasteiger partial charge in [0.25, 0.3) is 0 Å². The topological polar surface area (TPSA) is 60.8 Å². The average Bonchev–Trinajstić information content (AvgIpc) is 2.92. The molecule has 2 aromatic rings. The zero-order valence-electron chi connectivity index (χ0n) is 16.7. The van der Waals surface area contributed by atoms with Gasteiger partial charge < -0.3 is 15.1 Å². The number of hydrogen-bond donors (Lipinski definition) is 2. The van der Waals surface area contributed by atoms with Crippen LogP contribution in [0.4, 0.5) is 0 Å². The smallest absolute Gasteiger partial charge is 0.317 e.